The molecule has 0 spiro atoms. The molecule has 1 fully saturated rings. The number of likely N-dealkylation sites (tertiary alicyclic amines) is 1. The summed E-state index contributed by atoms with van der Waals surface area (Å²) in [5.74, 6) is -0.694. The van der Waals surface area contributed by atoms with Crippen LogP contribution < -0.4 is 4.74 Å². The number of rotatable bonds is 8. The van der Waals surface area contributed by atoms with Gasteiger partial charge in [0.2, 0.25) is 0 Å². The molecule has 2 aromatic rings. The van der Waals surface area contributed by atoms with Crippen molar-refractivity contribution in [1.29, 1.82) is 0 Å². The van der Waals surface area contributed by atoms with Crippen LogP contribution in [0.5, 0.6) is 11.5 Å². The molecule has 0 saturated carbocycles. The molecule has 1 saturated heterocycles. The summed E-state index contributed by atoms with van der Waals surface area (Å²) >= 11 is 0. The van der Waals surface area contributed by atoms with Gasteiger partial charge in [-0.05, 0) is 54.3 Å². The number of benzene rings is 2. The maximum absolute atomic E-state index is 13.0. The summed E-state index contributed by atoms with van der Waals surface area (Å²) < 4.78 is 10.9. The van der Waals surface area contributed by atoms with E-state index < -0.39 is 17.7 Å². The summed E-state index contributed by atoms with van der Waals surface area (Å²) in [6, 6.07) is 10.6. The highest BCUT2D eigenvalue weighted by atomic mass is 16.5. The highest BCUT2D eigenvalue weighted by molar-refractivity contribution is 6.46. The summed E-state index contributed by atoms with van der Waals surface area (Å²) in [5, 5.41) is 21.1. The van der Waals surface area contributed by atoms with Gasteiger partial charge in [0.15, 0.2) is 0 Å². The third kappa shape index (κ3) is 4.78. The van der Waals surface area contributed by atoms with Crippen LogP contribution in [0.25, 0.3) is 5.76 Å². The number of Topliss-reactive ketones (excluding diaryl/α,β-unsaturated/α-hetero) is 1. The Kier molecular flexibility index (Phi) is 7.20. The van der Waals surface area contributed by atoms with Gasteiger partial charge in [-0.2, -0.15) is 0 Å². The van der Waals surface area contributed by atoms with E-state index in [0.717, 1.165) is 5.56 Å². The van der Waals surface area contributed by atoms with Crippen molar-refractivity contribution in [1.82, 2.24) is 4.90 Å². The molecule has 2 N–H and O–H groups in total. The SMILES string of the molecule is COCCN1C(=O)C(=O)/C(=C(\O)c2ccc(OCC(C)C)c(C)c2)C1c1cccc(O)c1. The number of ketones is 1. The van der Waals surface area contributed by atoms with E-state index in [1.54, 1.807) is 30.3 Å². The van der Waals surface area contributed by atoms with Crippen LogP contribution in [0.2, 0.25) is 0 Å². The summed E-state index contributed by atoms with van der Waals surface area (Å²) in [7, 11) is 1.51. The predicted octanol–water partition coefficient (Wildman–Crippen LogP) is 3.80. The van der Waals surface area contributed by atoms with Gasteiger partial charge in [0, 0.05) is 19.2 Å². The zero-order valence-electron chi connectivity index (χ0n) is 18.8. The molecule has 170 valence electrons. The lowest BCUT2D eigenvalue weighted by Crippen LogP contribution is -2.32. The number of nitrogens with zero attached hydrogens (tertiary/aromatic N) is 1. The Bertz CT molecular complexity index is 1040. The number of aryl methyl sites for hydroxylation is 1. The van der Waals surface area contributed by atoms with Crippen molar-refractivity contribution in [3.63, 3.8) is 0 Å². The number of carbonyl (C=O) groups excluding carboxylic acids is 2. The average molecular weight is 440 g/mol. The van der Waals surface area contributed by atoms with Gasteiger partial charge in [0.05, 0.1) is 24.8 Å². The van der Waals surface area contributed by atoms with Crippen molar-refractivity contribution >= 4 is 17.4 Å². The molecule has 1 aliphatic heterocycles. The number of aliphatic hydroxyl groups is 1. The van der Waals surface area contributed by atoms with Crippen LogP contribution in [0.1, 0.15) is 36.6 Å². The minimum absolute atomic E-state index is 0.00216. The normalized spacial score (nSPS) is 17.9. The van der Waals surface area contributed by atoms with E-state index in [1.807, 2.05) is 6.92 Å². The maximum atomic E-state index is 13.0. The predicted molar refractivity (Wildman–Crippen MR) is 121 cm³/mol. The van der Waals surface area contributed by atoms with E-state index in [-0.39, 0.29) is 30.2 Å². The third-order valence-electron chi connectivity index (χ3n) is 5.28. The third-order valence-corrected chi connectivity index (χ3v) is 5.28. The molecule has 0 aliphatic carbocycles. The molecule has 0 bridgehead atoms. The lowest BCUT2D eigenvalue weighted by atomic mass is 9.94. The van der Waals surface area contributed by atoms with Crippen molar-refractivity contribution in [2.75, 3.05) is 26.9 Å². The molecular formula is C25H29NO6. The van der Waals surface area contributed by atoms with E-state index in [1.165, 1.54) is 24.1 Å². The zero-order chi connectivity index (χ0) is 23.4. The molecule has 1 aliphatic rings. The summed E-state index contributed by atoms with van der Waals surface area (Å²) in [5.41, 5.74) is 1.72. The summed E-state index contributed by atoms with van der Waals surface area (Å²) in [6.07, 6.45) is 0. The van der Waals surface area contributed by atoms with Gasteiger partial charge in [-0.15, -0.1) is 0 Å². The van der Waals surface area contributed by atoms with Crippen LogP contribution in [-0.4, -0.2) is 53.7 Å². The second-order valence-electron chi connectivity index (χ2n) is 8.27. The standard InChI is InChI=1S/C25H29NO6/c1-15(2)14-32-20-9-8-18(12-16(20)3)23(28)21-22(17-6-5-7-19(27)13-17)26(10-11-31-4)25(30)24(21)29/h5-9,12-13,15,22,27-28H,10-11,14H2,1-4H3/b23-21-. The van der Waals surface area contributed by atoms with Gasteiger partial charge in [0.1, 0.15) is 17.3 Å². The fourth-order valence-corrected chi connectivity index (χ4v) is 3.71. The van der Waals surface area contributed by atoms with E-state index in [4.69, 9.17) is 9.47 Å². The molecule has 1 heterocycles. The van der Waals surface area contributed by atoms with Crippen molar-refractivity contribution < 1.29 is 29.3 Å². The van der Waals surface area contributed by atoms with Crippen molar-refractivity contribution in [2.45, 2.75) is 26.8 Å². The van der Waals surface area contributed by atoms with Crippen LogP contribution in [0.4, 0.5) is 0 Å². The second-order valence-corrected chi connectivity index (χ2v) is 8.27. The largest absolute Gasteiger partial charge is 0.508 e. The Hall–Kier alpha value is -3.32. The number of ether oxygens (including phenoxy) is 2. The monoisotopic (exact) mass is 439 g/mol. The molecule has 0 radical (unpaired) electrons. The first-order valence-corrected chi connectivity index (χ1v) is 10.5. The van der Waals surface area contributed by atoms with Crippen LogP contribution in [0, 0.1) is 12.8 Å². The minimum atomic E-state index is -0.838. The number of hydrogen-bond donors (Lipinski definition) is 2. The number of aliphatic hydroxyl groups excluding tert-OH is 1. The number of carbonyl (C=O) groups is 2. The van der Waals surface area contributed by atoms with E-state index in [9.17, 15) is 19.8 Å². The quantitative estimate of drug-likeness (QED) is 0.369. The number of phenols is 1. The first kappa shape index (κ1) is 23.3. The van der Waals surface area contributed by atoms with Crippen molar-refractivity contribution in [2.24, 2.45) is 5.92 Å². The molecule has 3 rings (SSSR count). The zero-order valence-corrected chi connectivity index (χ0v) is 18.8. The fourth-order valence-electron chi connectivity index (χ4n) is 3.71. The van der Waals surface area contributed by atoms with Gasteiger partial charge in [-0.1, -0.05) is 26.0 Å². The van der Waals surface area contributed by atoms with E-state index in [2.05, 4.69) is 13.8 Å². The van der Waals surface area contributed by atoms with Gasteiger partial charge in [0.25, 0.3) is 11.7 Å². The lowest BCUT2D eigenvalue weighted by molar-refractivity contribution is -0.140. The number of hydrogen-bond acceptors (Lipinski definition) is 6. The van der Waals surface area contributed by atoms with Crippen LogP contribution in [0.15, 0.2) is 48.0 Å². The molecular weight excluding hydrogens is 410 g/mol. The average Bonchev–Trinajstić information content (AvgIpc) is 3.01. The highest BCUT2D eigenvalue weighted by Crippen LogP contribution is 2.40. The molecule has 2 aromatic carbocycles. The summed E-state index contributed by atoms with van der Waals surface area (Å²) in [6.45, 7) is 6.92. The minimum Gasteiger partial charge on any atom is -0.508 e. The van der Waals surface area contributed by atoms with Crippen LogP contribution in [0.3, 0.4) is 0 Å². The van der Waals surface area contributed by atoms with E-state index in [0.29, 0.717) is 29.4 Å². The highest BCUT2D eigenvalue weighted by Gasteiger charge is 2.46. The number of phenolic OH excluding ortho intramolecular Hbond substituents is 1. The molecule has 7 nitrogen and oxygen atoms in total. The van der Waals surface area contributed by atoms with Gasteiger partial charge in [-0.3, -0.25) is 9.59 Å². The molecule has 0 aromatic heterocycles. The molecule has 1 amide bonds. The molecule has 1 unspecified atom stereocenters. The lowest BCUT2D eigenvalue weighted by Gasteiger charge is -2.25. The smallest absolute Gasteiger partial charge is 0.295 e. The summed E-state index contributed by atoms with van der Waals surface area (Å²) in [4.78, 5) is 27.1. The number of aromatic hydroxyl groups is 1. The molecule has 32 heavy (non-hydrogen) atoms. The van der Waals surface area contributed by atoms with Gasteiger partial charge >= 0.3 is 0 Å². The Balaban J connectivity index is 2.08. The Morgan fingerprint density at radius 2 is 1.91 bits per heavy atom. The number of methoxy groups -OCH3 is 1. The van der Waals surface area contributed by atoms with Crippen LogP contribution >= 0.6 is 0 Å². The van der Waals surface area contributed by atoms with Gasteiger partial charge < -0.3 is 24.6 Å². The Morgan fingerprint density at radius 3 is 2.53 bits per heavy atom. The van der Waals surface area contributed by atoms with Crippen molar-refractivity contribution in [3.05, 3.63) is 64.7 Å². The van der Waals surface area contributed by atoms with Gasteiger partial charge in [-0.25, -0.2) is 0 Å². The number of amides is 1. The molecule has 1 atom stereocenters. The topological polar surface area (TPSA) is 96.3 Å². The van der Waals surface area contributed by atoms with Crippen molar-refractivity contribution in [3.8, 4) is 11.5 Å². The maximum Gasteiger partial charge on any atom is 0.295 e. The van der Waals surface area contributed by atoms with Crippen LogP contribution in [-0.2, 0) is 14.3 Å². The first-order chi connectivity index (χ1) is 15.2. The Morgan fingerprint density at radius 1 is 1.16 bits per heavy atom. The second kappa shape index (κ2) is 9.87. The van der Waals surface area contributed by atoms with E-state index >= 15 is 0 Å². The molecule has 7 heteroatoms. The first-order valence-electron chi connectivity index (χ1n) is 10.5. The fraction of sp³-hybridized carbons (Fsp3) is 0.360. The Labute approximate surface area is 187 Å².